The van der Waals surface area contributed by atoms with Crippen molar-refractivity contribution >= 4 is 19.8 Å². The smallest absolute Gasteiger partial charge is 0.306 e. The van der Waals surface area contributed by atoms with Crippen molar-refractivity contribution in [1.29, 1.82) is 0 Å². The number of ether oxygens (including phenoxy) is 2. The Balaban J connectivity index is 4.34. The molecule has 2 atom stereocenters. The predicted octanol–water partition coefficient (Wildman–Crippen LogP) is 6.71. The number of rotatable bonds is 28. The summed E-state index contributed by atoms with van der Waals surface area (Å²) in [4.78, 5) is 36.6. The van der Waals surface area contributed by atoms with E-state index in [4.69, 9.17) is 18.5 Å². The summed E-state index contributed by atoms with van der Waals surface area (Å²) in [7, 11) is 1.17. The van der Waals surface area contributed by atoms with Crippen LogP contribution in [0, 0.1) is 0 Å². The van der Waals surface area contributed by atoms with Gasteiger partial charge in [-0.1, -0.05) is 104 Å². The predicted molar refractivity (Wildman–Crippen MR) is 158 cm³/mol. The summed E-state index contributed by atoms with van der Waals surface area (Å²) in [6.07, 6.45) is 17.8. The molecule has 40 heavy (non-hydrogen) atoms. The van der Waals surface area contributed by atoms with Crippen LogP contribution in [-0.2, 0) is 32.7 Å². The molecule has 0 aliphatic heterocycles. The van der Waals surface area contributed by atoms with E-state index in [-0.39, 0.29) is 26.1 Å². The first kappa shape index (κ1) is 39.0. The van der Waals surface area contributed by atoms with Gasteiger partial charge in [-0.25, -0.2) is 0 Å². The van der Waals surface area contributed by atoms with Gasteiger partial charge in [-0.3, -0.25) is 14.2 Å². The molecule has 0 saturated heterocycles. The highest BCUT2D eigenvalue weighted by Gasteiger charge is 2.21. The van der Waals surface area contributed by atoms with Gasteiger partial charge < -0.3 is 27.9 Å². The Labute approximate surface area is 244 Å². The molecule has 238 valence electrons. The molecule has 0 saturated carbocycles. The lowest BCUT2D eigenvalue weighted by atomic mass is 10.0. The number of hydrogen-bond acceptors (Lipinski definition) is 8. The van der Waals surface area contributed by atoms with Crippen molar-refractivity contribution < 1.29 is 42.1 Å². The van der Waals surface area contributed by atoms with Gasteiger partial charge in [0.1, 0.15) is 19.8 Å². The van der Waals surface area contributed by atoms with Crippen LogP contribution >= 0.6 is 7.82 Å². The normalized spacial score (nSPS) is 14.1. The molecule has 0 rings (SSSR count). The van der Waals surface area contributed by atoms with Crippen LogP contribution in [0.4, 0.5) is 0 Å². The van der Waals surface area contributed by atoms with Crippen LogP contribution < -0.4 is 4.89 Å². The van der Waals surface area contributed by atoms with Gasteiger partial charge >= 0.3 is 11.9 Å². The lowest BCUT2D eigenvalue weighted by Gasteiger charge is -2.28. The van der Waals surface area contributed by atoms with E-state index in [1.807, 2.05) is 28.1 Å². The van der Waals surface area contributed by atoms with E-state index in [9.17, 15) is 19.0 Å². The summed E-state index contributed by atoms with van der Waals surface area (Å²) in [5.74, 6) is -0.860. The van der Waals surface area contributed by atoms with E-state index in [1.54, 1.807) is 0 Å². The minimum Gasteiger partial charge on any atom is -0.756 e. The van der Waals surface area contributed by atoms with E-state index >= 15 is 0 Å². The third kappa shape index (κ3) is 27.2. The van der Waals surface area contributed by atoms with Crippen molar-refractivity contribution in [3.05, 3.63) is 0 Å². The fourth-order valence-electron chi connectivity index (χ4n) is 4.06. The molecular formula is C30H60NO8P. The van der Waals surface area contributed by atoms with Crippen LogP contribution in [0.3, 0.4) is 0 Å². The van der Waals surface area contributed by atoms with Crippen molar-refractivity contribution in [3.63, 3.8) is 0 Å². The molecule has 0 aromatic rings. The molecule has 0 fully saturated rings. The zero-order chi connectivity index (χ0) is 30.1. The van der Waals surface area contributed by atoms with Crippen molar-refractivity contribution in [2.24, 2.45) is 0 Å². The number of unbranched alkanes of at least 4 members (excludes halogenated alkanes) is 14. The topological polar surface area (TPSA) is 111 Å². The van der Waals surface area contributed by atoms with Gasteiger partial charge in [-0.15, -0.1) is 0 Å². The molecule has 9 nitrogen and oxygen atoms in total. The SMILES string of the molecule is CCCCCCCCCCCCCCCC(=O)OC(COC(=O)CCCCC)COP(=O)([O-])OCC[N+](C)(C)C. The summed E-state index contributed by atoms with van der Waals surface area (Å²) in [5, 5.41) is 0. The zero-order valence-electron chi connectivity index (χ0n) is 26.3. The molecule has 0 spiro atoms. The number of carbonyl (C=O) groups is 2. The maximum Gasteiger partial charge on any atom is 0.306 e. The Bertz CT molecular complexity index is 683. The second kappa shape index (κ2) is 24.6. The Morgan fingerprint density at radius 2 is 1.12 bits per heavy atom. The van der Waals surface area contributed by atoms with Crippen LogP contribution in [-0.4, -0.2) is 70.0 Å². The number of esters is 2. The van der Waals surface area contributed by atoms with Crippen molar-refractivity contribution in [3.8, 4) is 0 Å². The first-order valence-corrected chi connectivity index (χ1v) is 17.2. The second-order valence-corrected chi connectivity index (χ2v) is 13.2. The standard InChI is InChI=1S/C30H60NO8P/c1-6-8-10-11-12-13-14-15-16-17-18-19-21-23-30(33)39-28(26-36-29(32)22-20-9-7-2)27-38-40(34,35)37-25-24-31(3,4)5/h28H,6-27H2,1-5H3. The van der Waals surface area contributed by atoms with E-state index in [1.165, 1.54) is 64.2 Å². The minimum atomic E-state index is -4.59. The summed E-state index contributed by atoms with van der Waals surface area (Å²) >= 11 is 0. The summed E-state index contributed by atoms with van der Waals surface area (Å²) in [5.41, 5.74) is 0. The largest absolute Gasteiger partial charge is 0.756 e. The van der Waals surface area contributed by atoms with E-state index in [0.29, 0.717) is 23.9 Å². The highest BCUT2D eigenvalue weighted by molar-refractivity contribution is 7.45. The van der Waals surface area contributed by atoms with Crippen LogP contribution in [0.15, 0.2) is 0 Å². The Kier molecular flexibility index (Phi) is 24.0. The van der Waals surface area contributed by atoms with E-state index in [0.717, 1.165) is 25.7 Å². The number of phosphoric ester groups is 1. The maximum absolute atomic E-state index is 12.4. The quantitative estimate of drug-likeness (QED) is 0.0426. The molecule has 0 N–H and O–H groups in total. The van der Waals surface area contributed by atoms with Crippen molar-refractivity contribution in [1.82, 2.24) is 0 Å². The highest BCUT2D eigenvalue weighted by Crippen LogP contribution is 2.38. The third-order valence-electron chi connectivity index (χ3n) is 6.63. The van der Waals surface area contributed by atoms with Gasteiger partial charge in [-0.05, 0) is 12.8 Å². The lowest BCUT2D eigenvalue weighted by Crippen LogP contribution is -2.37. The van der Waals surface area contributed by atoms with Crippen molar-refractivity contribution in [2.75, 3.05) is 47.5 Å². The fraction of sp³-hybridized carbons (Fsp3) is 0.933. The van der Waals surface area contributed by atoms with Crippen LogP contribution in [0.1, 0.15) is 129 Å². The van der Waals surface area contributed by atoms with Gasteiger partial charge in [0.25, 0.3) is 7.82 Å². The molecule has 0 heterocycles. The van der Waals surface area contributed by atoms with Crippen LogP contribution in [0.5, 0.6) is 0 Å². The van der Waals surface area contributed by atoms with Gasteiger partial charge in [0.05, 0.1) is 27.7 Å². The van der Waals surface area contributed by atoms with E-state index in [2.05, 4.69) is 6.92 Å². The molecule has 10 heteroatoms. The number of nitrogens with zero attached hydrogens (tertiary/aromatic N) is 1. The molecular weight excluding hydrogens is 533 g/mol. The van der Waals surface area contributed by atoms with Crippen LogP contribution in [0.25, 0.3) is 0 Å². The fourth-order valence-corrected chi connectivity index (χ4v) is 4.79. The molecule has 0 bridgehead atoms. The van der Waals surface area contributed by atoms with Gasteiger partial charge in [0, 0.05) is 12.8 Å². The van der Waals surface area contributed by atoms with Gasteiger partial charge in [-0.2, -0.15) is 0 Å². The first-order chi connectivity index (χ1) is 19.0. The average molecular weight is 594 g/mol. The number of likely N-dealkylation sites (N-methyl/N-ethyl adjacent to an activating group) is 1. The van der Waals surface area contributed by atoms with Crippen LogP contribution in [0.2, 0.25) is 0 Å². The third-order valence-corrected chi connectivity index (χ3v) is 7.59. The number of carbonyl (C=O) groups excluding carboxylic acids is 2. The molecule has 0 aliphatic rings. The summed E-state index contributed by atoms with van der Waals surface area (Å²) < 4.78 is 33.2. The molecule has 0 aromatic heterocycles. The summed E-state index contributed by atoms with van der Waals surface area (Å²) in [6, 6.07) is 0. The van der Waals surface area contributed by atoms with Crippen molar-refractivity contribution in [2.45, 2.75) is 136 Å². The Hall–Kier alpha value is -0.990. The second-order valence-electron chi connectivity index (χ2n) is 11.8. The minimum absolute atomic E-state index is 0.0276. The zero-order valence-corrected chi connectivity index (χ0v) is 27.2. The number of hydrogen-bond donors (Lipinski definition) is 0. The molecule has 0 radical (unpaired) electrons. The molecule has 0 amide bonds. The molecule has 0 aromatic carbocycles. The molecule has 2 unspecified atom stereocenters. The lowest BCUT2D eigenvalue weighted by molar-refractivity contribution is -0.870. The monoisotopic (exact) mass is 593 g/mol. The Morgan fingerprint density at radius 3 is 1.65 bits per heavy atom. The van der Waals surface area contributed by atoms with E-state index < -0.39 is 32.5 Å². The maximum atomic E-state index is 12.4. The molecule has 0 aliphatic carbocycles. The number of quaternary nitrogens is 1. The number of phosphoric acid groups is 1. The first-order valence-electron chi connectivity index (χ1n) is 15.7. The van der Waals surface area contributed by atoms with Gasteiger partial charge in [0.2, 0.25) is 0 Å². The average Bonchev–Trinajstić information content (AvgIpc) is 2.87. The summed E-state index contributed by atoms with van der Waals surface area (Å²) in [6.45, 7) is 4.01. The Morgan fingerprint density at radius 1 is 0.675 bits per heavy atom. The highest BCUT2D eigenvalue weighted by atomic mass is 31.2. The van der Waals surface area contributed by atoms with Gasteiger partial charge in [0.15, 0.2) is 6.10 Å².